The van der Waals surface area contributed by atoms with E-state index in [1.807, 2.05) is 45.0 Å². The molecule has 0 aliphatic rings. The highest BCUT2D eigenvalue weighted by molar-refractivity contribution is 5.97. The fraction of sp³-hybridized carbons (Fsp3) is 0.438. The van der Waals surface area contributed by atoms with Gasteiger partial charge in [-0.15, -0.1) is 0 Å². The molecule has 0 saturated heterocycles. The molecule has 118 valence electrons. The van der Waals surface area contributed by atoms with Crippen molar-refractivity contribution in [1.29, 1.82) is 0 Å². The molecular weight excluding hydrogens is 282 g/mol. The van der Waals surface area contributed by atoms with Crippen molar-refractivity contribution >= 4 is 11.5 Å². The summed E-state index contributed by atoms with van der Waals surface area (Å²) in [5.74, 6) is 1.69. The smallest absolute Gasteiger partial charge is 0.229 e. The topological polar surface area (TPSA) is 68.5 Å². The molecule has 0 spiro atoms. The molecule has 0 aliphatic carbocycles. The maximum Gasteiger partial charge on any atom is 0.229 e. The number of rotatable bonds is 6. The molecule has 2 aromatic rings. The number of hydrogen-bond donors (Lipinski definition) is 0. The van der Waals surface area contributed by atoms with Crippen LogP contribution in [0.3, 0.4) is 0 Å². The number of carbonyl (C=O) groups excluding carboxylic acids is 1. The fourth-order valence-corrected chi connectivity index (χ4v) is 1.90. The summed E-state index contributed by atoms with van der Waals surface area (Å²) in [6, 6.07) is 5.48. The van der Waals surface area contributed by atoms with Crippen LogP contribution in [0.5, 0.6) is 5.75 Å². The first-order valence-electron chi connectivity index (χ1n) is 7.16. The normalized spacial score (nSPS) is 10.8. The Balaban J connectivity index is 2.19. The van der Waals surface area contributed by atoms with E-state index in [1.165, 1.54) is 6.92 Å². The van der Waals surface area contributed by atoms with Gasteiger partial charge in [-0.2, -0.15) is 4.98 Å². The molecule has 6 nitrogen and oxygen atoms in total. The molecule has 0 N–H and O–H groups in total. The molecule has 0 fully saturated rings. The molecule has 0 radical (unpaired) electrons. The van der Waals surface area contributed by atoms with E-state index in [4.69, 9.17) is 9.26 Å². The first-order valence-corrected chi connectivity index (χ1v) is 7.16. The number of ether oxygens (including phenoxy) is 1. The number of anilines is 1. The molecular formula is C16H21N3O3. The fourth-order valence-electron chi connectivity index (χ4n) is 1.90. The molecule has 0 atom stereocenters. The Morgan fingerprint density at radius 1 is 1.36 bits per heavy atom. The van der Waals surface area contributed by atoms with Gasteiger partial charge < -0.3 is 14.2 Å². The van der Waals surface area contributed by atoms with Crippen molar-refractivity contribution in [2.45, 2.75) is 33.3 Å². The Morgan fingerprint density at radius 3 is 2.64 bits per heavy atom. The van der Waals surface area contributed by atoms with Gasteiger partial charge in [0.15, 0.2) is 12.4 Å². The Morgan fingerprint density at radius 2 is 2.09 bits per heavy atom. The first kappa shape index (κ1) is 16.0. The van der Waals surface area contributed by atoms with Crippen LogP contribution in [-0.4, -0.2) is 30.0 Å². The van der Waals surface area contributed by atoms with Crippen molar-refractivity contribution < 1.29 is 14.1 Å². The quantitative estimate of drug-likeness (QED) is 0.764. The lowest BCUT2D eigenvalue weighted by Crippen LogP contribution is -2.10. The van der Waals surface area contributed by atoms with Gasteiger partial charge in [0, 0.05) is 31.8 Å². The highest BCUT2D eigenvalue weighted by Gasteiger charge is 2.14. The van der Waals surface area contributed by atoms with Gasteiger partial charge >= 0.3 is 0 Å². The second kappa shape index (κ2) is 6.60. The van der Waals surface area contributed by atoms with Gasteiger partial charge in [0.2, 0.25) is 11.7 Å². The summed E-state index contributed by atoms with van der Waals surface area (Å²) >= 11 is 0. The van der Waals surface area contributed by atoms with Gasteiger partial charge in [0.05, 0.1) is 5.56 Å². The number of carbonyl (C=O) groups is 1. The number of ketones is 1. The van der Waals surface area contributed by atoms with Crippen molar-refractivity contribution in [3.63, 3.8) is 0 Å². The zero-order valence-corrected chi connectivity index (χ0v) is 13.6. The highest BCUT2D eigenvalue weighted by Crippen LogP contribution is 2.26. The van der Waals surface area contributed by atoms with E-state index in [9.17, 15) is 4.79 Å². The number of aromatic nitrogens is 2. The van der Waals surface area contributed by atoms with Crippen molar-refractivity contribution in [1.82, 2.24) is 10.1 Å². The lowest BCUT2D eigenvalue weighted by atomic mass is 10.1. The Hall–Kier alpha value is -2.37. The van der Waals surface area contributed by atoms with Crippen molar-refractivity contribution in [2.24, 2.45) is 0 Å². The maximum absolute atomic E-state index is 11.7. The van der Waals surface area contributed by atoms with E-state index in [0.717, 1.165) is 5.69 Å². The molecule has 6 heteroatoms. The van der Waals surface area contributed by atoms with E-state index in [0.29, 0.717) is 23.0 Å². The monoisotopic (exact) mass is 303 g/mol. The van der Waals surface area contributed by atoms with E-state index >= 15 is 0 Å². The molecule has 0 unspecified atom stereocenters. The van der Waals surface area contributed by atoms with Gasteiger partial charge in [-0.25, -0.2) is 0 Å². The molecule has 22 heavy (non-hydrogen) atoms. The third-order valence-corrected chi connectivity index (χ3v) is 3.20. The van der Waals surface area contributed by atoms with Crippen molar-refractivity contribution in [3.8, 4) is 5.75 Å². The summed E-state index contributed by atoms with van der Waals surface area (Å²) in [5, 5.41) is 3.88. The summed E-state index contributed by atoms with van der Waals surface area (Å²) in [6.45, 7) is 5.63. The Labute approximate surface area is 130 Å². The van der Waals surface area contributed by atoms with E-state index in [2.05, 4.69) is 10.1 Å². The second-order valence-electron chi connectivity index (χ2n) is 5.62. The lowest BCUT2D eigenvalue weighted by molar-refractivity contribution is 0.101. The third kappa shape index (κ3) is 3.63. The minimum Gasteiger partial charge on any atom is -0.485 e. The Bertz CT molecular complexity index is 662. The zero-order chi connectivity index (χ0) is 16.3. The predicted octanol–water partition coefficient (Wildman–Crippen LogP) is 3.04. The first-order chi connectivity index (χ1) is 10.4. The van der Waals surface area contributed by atoms with E-state index in [1.54, 1.807) is 6.07 Å². The van der Waals surface area contributed by atoms with E-state index < -0.39 is 0 Å². The molecule has 1 heterocycles. The van der Waals surface area contributed by atoms with Crippen LogP contribution in [0, 0.1) is 0 Å². The van der Waals surface area contributed by atoms with Crippen molar-refractivity contribution in [2.75, 3.05) is 19.0 Å². The summed E-state index contributed by atoms with van der Waals surface area (Å²) in [6.07, 6.45) is 0. The highest BCUT2D eigenvalue weighted by atomic mass is 16.5. The summed E-state index contributed by atoms with van der Waals surface area (Å²) in [7, 11) is 3.86. The summed E-state index contributed by atoms with van der Waals surface area (Å²) in [4.78, 5) is 17.9. The SMILES string of the molecule is CC(=O)c1ccc(N(C)C)cc1OCc1noc(C(C)C)n1. The molecule has 0 aliphatic heterocycles. The average Bonchev–Trinajstić information content (AvgIpc) is 2.93. The molecule has 1 aromatic carbocycles. The molecule has 0 bridgehead atoms. The molecule has 0 amide bonds. The number of hydrogen-bond acceptors (Lipinski definition) is 6. The number of nitrogens with zero attached hydrogens (tertiary/aromatic N) is 3. The standard InChI is InChI=1S/C16H21N3O3/c1-10(2)16-17-15(18-22-16)9-21-14-8-12(19(4)5)6-7-13(14)11(3)20/h6-8,10H,9H2,1-5H3. The third-order valence-electron chi connectivity index (χ3n) is 3.20. The largest absolute Gasteiger partial charge is 0.485 e. The maximum atomic E-state index is 11.7. The van der Waals surface area contributed by atoms with E-state index in [-0.39, 0.29) is 18.3 Å². The minimum atomic E-state index is -0.0451. The second-order valence-corrected chi connectivity index (χ2v) is 5.62. The van der Waals surface area contributed by atoms with Crippen LogP contribution in [0.25, 0.3) is 0 Å². The van der Waals surface area contributed by atoms with Gasteiger partial charge in [0.25, 0.3) is 0 Å². The minimum absolute atomic E-state index is 0.0451. The van der Waals surface area contributed by atoms with Gasteiger partial charge in [-0.3, -0.25) is 4.79 Å². The number of benzene rings is 1. The van der Waals surface area contributed by atoms with Crippen LogP contribution in [0.4, 0.5) is 5.69 Å². The van der Waals surface area contributed by atoms with Crippen LogP contribution >= 0.6 is 0 Å². The average molecular weight is 303 g/mol. The lowest BCUT2D eigenvalue weighted by Gasteiger charge is -2.15. The van der Waals surface area contributed by atoms with Gasteiger partial charge in [-0.1, -0.05) is 19.0 Å². The van der Waals surface area contributed by atoms with Crippen LogP contribution in [0.15, 0.2) is 22.7 Å². The van der Waals surface area contributed by atoms with Crippen LogP contribution in [0.2, 0.25) is 0 Å². The Kier molecular flexibility index (Phi) is 4.80. The zero-order valence-electron chi connectivity index (χ0n) is 13.6. The number of Topliss-reactive ketones (excluding diaryl/α,β-unsaturated/α-hetero) is 1. The molecule has 2 rings (SSSR count). The van der Waals surface area contributed by atoms with Crippen LogP contribution in [0.1, 0.15) is 48.8 Å². The molecule has 0 saturated carbocycles. The predicted molar refractivity (Wildman–Crippen MR) is 83.5 cm³/mol. The van der Waals surface area contributed by atoms with Crippen LogP contribution < -0.4 is 9.64 Å². The summed E-state index contributed by atoms with van der Waals surface area (Å²) < 4.78 is 10.9. The van der Waals surface area contributed by atoms with Crippen molar-refractivity contribution in [3.05, 3.63) is 35.5 Å². The van der Waals surface area contributed by atoms with Gasteiger partial charge in [0.1, 0.15) is 5.75 Å². The molecule has 1 aromatic heterocycles. The van der Waals surface area contributed by atoms with Gasteiger partial charge in [-0.05, 0) is 19.1 Å². The van der Waals surface area contributed by atoms with Crippen LogP contribution in [-0.2, 0) is 6.61 Å². The summed E-state index contributed by atoms with van der Waals surface area (Å²) in [5.41, 5.74) is 1.49.